The first-order valence-electron chi connectivity index (χ1n) is 14.2. The van der Waals surface area contributed by atoms with Crippen LogP contribution in [0.25, 0.3) is 0 Å². The maximum atomic E-state index is 13.3. The molecule has 0 spiro atoms. The van der Waals surface area contributed by atoms with E-state index in [1.807, 2.05) is 0 Å². The SMILES string of the molecule is CCCCCCCCCCCCOC(=O)C(CCCCCC)N1C(C)(C)CCCC1(C)C. The van der Waals surface area contributed by atoms with Crippen molar-refractivity contribution in [1.82, 2.24) is 4.90 Å². The number of hydrogen-bond acceptors (Lipinski definition) is 3. The summed E-state index contributed by atoms with van der Waals surface area (Å²) in [5, 5.41) is 0. The van der Waals surface area contributed by atoms with Gasteiger partial charge >= 0.3 is 5.97 Å². The fraction of sp³-hybridized carbons (Fsp3) is 0.966. The Hall–Kier alpha value is -0.570. The minimum absolute atomic E-state index is 0.0282. The molecule has 0 aromatic heterocycles. The number of unbranched alkanes of at least 4 members (excludes halogenated alkanes) is 12. The Morgan fingerprint density at radius 3 is 1.66 bits per heavy atom. The largest absolute Gasteiger partial charge is 0.465 e. The van der Waals surface area contributed by atoms with Crippen LogP contribution in [0.5, 0.6) is 0 Å². The van der Waals surface area contributed by atoms with E-state index in [4.69, 9.17) is 4.74 Å². The van der Waals surface area contributed by atoms with Crippen LogP contribution in [0.2, 0.25) is 0 Å². The summed E-state index contributed by atoms with van der Waals surface area (Å²) in [5.74, 6) is 0.0282. The lowest BCUT2D eigenvalue weighted by Gasteiger charge is -2.55. The Morgan fingerprint density at radius 1 is 0.719 bits per heavy atom. The maximum absolute atomic E-state index is 13.3. The molecule has 1 aliphatic heterocycles. The summed E-state index contributed by atoms with van der Waals surface area (Å²) >= 11 is 0. The molecule has 1 rings (SSSR count). The fourth-order valence-corrected chi connectivity index (χ4v) is 5.83. The molecule has 0 saturated carbocycles. The molecule has 0 aromatic rings. The van der Waals surface area contributed by atoms with Crippen molar-refractivity contribution in [1.29, 1.82) is 0 Å². The van der Waals surface area contributed by atoms with Crippen molar-refractivity contribution in [2.45, 2.75) is 174 Å². The molecule has 3 nitrogen and oxygen atoms in total. The summed E-state index contributed by atoms with van der Waals surface area (Å²) in [6.45, 7) is 14.4. The summed E-state index contributed by atoms with van der Waals surface area (Å²) < 4.78 is 5.89. The van der Waals surface area contributed by atoms with Gasteiger partial charge in [0.1, 0.15) is 6.04 Å². The second-order valence-electron chi connectivity index (χ2n) is 11.6. The summed E-state index contributed by atoms with van der Waals surface area (Å²) in [7, 11) is 0. The first-order valence-corrected chi connectivity index (χ1v) is 14.2. The van der Waals surface area contributed by atoms with Crippen LogP contribution >= 0.6 is 0 Å². The fourth-order valence-electron chi connectivity index (χ4n) is 5.83. The lowest BCUT2D eigenvalue weighted by atomic mass is 9.78. The minimum atomic E-state index is -0.0970. The Balaban J connectivity index is 2.46. The van der Waals surface area contributed by atoms with E-state index in [1.165, 1.54) is 83.5 Å². The van der Waals surface area contributed by atoms with E-state index in [-0.39, 0.29) is 23.1 Å². The van der Waals surface area contributed by atoms with Gasteiger partial charge in [-0.15, -0.1) is 0 Å². The van der Waals surface area contributed by atoms with Gasteiger partial charge in [0.2, 0.25) is 0 Å². The van der Waals surface area contributed by atoms with E-state index in [2.05, 4.69) is 46.4 Å². The van der Waals surface area contributed by atoms with Gasteiger partial charge in [-0.05, 0) is 59.8 Å². The highest BCUT2D eigenvalue weighted by Crippen LogP contribution is 2.41. The smallest absolute Gasteiger partial charge is 0.323 e. The summed E-state index contributed by atoms with van der Waals surface area (Å²) in [6, 6.07) is -0.0970. The molecule has 0 aliphatic carbocycles. The van der Waals surface area contributed by atoms with Crippen molar-refractivity contribution in [2.24, 2.45) is 0 Å². The molecule has 1 unspecified atom stereocenters. The molecule has 3 heteroatoms. The van der Waals surface area contributed by atoms with Crippen molar-refractivity contribution in [3.8, 4) is 0 Å². The van der Waals surface area contributed by atoms with Gasteiger partial charge < -0.3 is 4.74 Å². The first kappa shape index (κ1) is 29.5. The van der Waals surface area contributed by atoms with Gasteiger partial charge in [-0.1, -0.05) is 97.3 Å². The zero-order valence-electron chi connectivity index (χ0n) is 22.8. The zero-order valence-corrected chi connectivity index (χ0v) is 22.8. The van der Waals surface area contributed by atoms with Crippen molar-refractivity contribution in [2.75, 3.05) is 6.61 Å². The van der Waals surface area contributed by atoms with Crippen LogP contribution in [0, 0.1) is 0 Å². The zero-order chi connectivity index (χ0) is 23.9. The van der Waals surface area contributed by atoms with E-state index in [9.17, 15) is 4.79 Å². The van der Waals surface area contributed by atoms with Crippen LogP contribution in [0.15, 0.2) is 0 Å². The van der Waals surface area contributed by atoms with Gasteiger partial charge in [-0.25, -0.2) is 0 Å². The van der Waals surface area contributed by atoms with Gasteiger partial charge in [0.05, 0.1) is 6.61 Å². The number of ether oxygens (including phenoxy) is 1. The number of carbonyl (C=O) groups excluding carboxylic acids is 1. The van der Waals surface area contributed by atoms with Crippen LogP contribution in [0.3, 0.4) is 0 Å². The maximum Gasteiger partial charge on any atom is 0.323 e. The molecule has 1 heterocycles. The van der Waals surface area contributed by atoms with Crippen LogP contribution in [0.1, 0.15) is 157 Å². The molecular formula is C29H57NO2. The predicted octanol–water partition coefficient (Wildman–Crippen LogP) is 8.83. The Labute approximate surface area is 201 Å². The number of likely N-dealkylation sites (tertiary alicyclic amines) is 1. The Kier molecular flexibility index (Phi) is 14.8. The van der Waals surface area contributed by atoms with E-state index >= 15 is 0 Å². The van der Waals surface area contributed by atoms with Crippen LogP contribution < -0.4 is 0 Å². The number of nitrogens with zero attached hydrogens (tertiary/aromatic N) is 1. The van der Waals surface area contributed by atoms with E-state index in [0.29, 0.717) is 6.61 Å². The van der Waals surface area contributed by atoms with Gasteiger partial charge in [-0.3, -0.25) is 9.69 Å². The number of hydrogen-bond donors (Lipinski definition) is 0. The summed E-state index contributed by atoms with van der Waals surface area (Å²) in [6.07, 6.45) is 22.4. The van der Waals surface area contributed by atoms with Crippen LogP contribution in [-0.4, -0.2) is 34.6 Å². The molecule has 0 amide bonds. The highest BCUT2D eigenvalue weighted by Gasteiger charge is 2.47. The Bertz CT molecular complexity index is 470. The minimum Gasteiger partial charge on any atom is -0.465 e. The van der Waals surface area contributed by atoms with E-state index < -0.39 is 0 Å². The molecule has 1 fully saturated rings. The van der Waals surface area contributed by atoms with Gasteiger partial charge in [0.15, 0.2) is 0 Å². The lowest BCUT2D eigenvalue weighted by molar-refractivity contribution is -0.161. The molecule has 1 atom stereocenters. The molecule has 32 heavy (non-hydrogen) atoms. The van der Waals surface area contributed by atoms with Gasteiger partial charge in [0.25, 0.3) is 0 Å². The molecule has 0 N–H and O–H groups in total. The van der Waals surface area contributed by atoms with Crippen LogP contribution in [0.4, 0.5) is 0 Å². The number of piperidine rings is 1. The molecule has 1 aliphatic rings. The normalized spacial score (nSPS) is 19.1. The van der Waals surface area contributed by atoms with Gasteiger partial charge in [0, 0.05) is 11.1 Å². The molecule has 190 valence electrons. The predicted molar refractivity (Wildman–Crippen MR) is 139 cm³/mol. The van der Waals surface area contributed by atoms with Crippen molar-refractivity contribution in [3.05, 3.63) is 0 Å². The van der Waals surface area contributed by atoms with E-state index in [0.717, 1.165) is 32.1 Å². The summed E-state index contributed by atoms with van der Waals surface area (Å²) in [4.78, 5) is 15.8. The highest BCUT2D eigenvalue weighted by atomic mass is 16.5. The third kappa shape index (κ3) is 11.0. The number of carbonyl (C=O) groups is 1. The van der Waals surface area contributed by atoms with Crippen molar-refractivity contribution in [3.63, 3.8) is 0 Å². The third-order valence-electron chi connectivity index (χ3n) is 7.54. The highest BCUT2D eigenvalue weighted by molar-refractivity contribution is 5.76. The number of rotatable bonds is 18. The van der Waals surface area contributed by atoms with Gasteiger partial charge in [-0.2, -0.15) is 0 Å². The molecule has 1 saturated heterocycles. The quantitative estimate of drug-likeness (QED) is 0.154. The molecule has 0 bridgehead atoms. The van der Waals surface area contributed by atoms with Crippen molar-refractivity contribution < 1.29 is 9.53 Å². The average Bonchev–Trinajstić information content (AvgIpc) is 2.72. The third-order valence-corrected chi connectivity index (χ3v) is 7.54. The topological polar surface area (TPSA) is 29.5 Å². The van der Waals surface area contributed by atoms with Crippen molar-refractivity contribution >= 4 is 5.97 Å². The molecule has 0 aromatic carbocycles. The summed E-state index contributed by atoms with van der Waals surface area (Å²) in [5.41, 5.74) is 0.0979. The average molecular weight is 452 g/mol. The first-order chi connectivity index (χ1) is 15.3. The standard InChI is InChI=1S/C29H57NO2/c1-7-9-11-13-14-15-16-17-18-20-25-32-27(31)26(22-19-12-10-8-2)30-28(3,4)23-21-24-29(30,5)6/h26H,7-25H2,1-6H3. The molecule has 0 radical (unpaired) electrons. The van der Waals surface area contributed by atoms with Crippen LogP contribution in [-0.2, 0) is 9.53 Å². The van der Waals surface area contributed by atoms with E-state index in [1.54, 1.807) is 0 Å². The Morgan fingerprint density at radius 2 is 1.16 bits per heavy atom. The second kappa shape index (κ2) is 16.1. The monoisotopic (exact) mass is 451 g/mol. The number of esters is 1. The lowest BCUT2D eigenvalue weighted by Crippen LogP contribution is -2.64. The second-order valence-corrected chi connectivity index (χ2v) is 11.6. The molecular weight excluding hydrogens is 394 g/mol.